The van der Waals surface area contributed by atoms with Crippen LogP contribution in [0.1, 0.15) is 37.8 Å². The molecule has 0 atom stereocenters. The Morgan fingerprint density at radius 3 is 2.45 bits per heavy atom. The van der Waals surface area contributed by atoms with Crippen LogP contribution in [0.25, 0.3) is 0 Å². The average Bonchev–Trinajstić information content (AvgIpc) is 2.44. The minimum Gasteiger partial charge on any atom is -0.492 e. The predicted molar refractivity (Wildman–Crippen MR) is 86.8 cm³/mol. The second-order valence-electron chi connectivity index (χ2n) is 5.50. The topological polar surface area (TPSA) is 56.8 Å². The van der Waals surface area contributed by atoms with Gasteiger partial charge in [-0.3, -0.25) is 4.79 Å². The second-order valence-corrected chi connectivity index (χ2v) is 5.50. The van der Waals surface area contributed by atoms with Crippen molar-refractivity contribution in [3.8, 4) is 11.5 Å². The predicted octanol–water partition coefficient (Wildman–Crippen LogP) is 2.66. The van der Waals surface area contributed by atoms with Gasteiger partial charge in [-0.25, -0.2) is 0 Å². The van der Waals surface area contributed by atoms with Crippen molar-refractivity contribution in [3.05, 3.63) is 23.3 Å². The maximum atomic E-state index is 11.2. The molecule has 22 heavy (non-hydrogen) atoms. The summed E-state index contributed by atoms with van der Waals surface area (Å²) in [6, 6.07) is 3.83. The van der Waals surface area contributed by atoms with Crippen molar-refractivity contribution in [2.75, 3.05) is 33.4 Å². The van der Waals surface area contributed by atoms with Crippen LogP contribution in [-0.2, 0) is 9.53 Å². The van der Waals surface area contributed by atoms with Crippen LogP contribution in [0.4, 0.5) is 0 Å². The molecule has 0 bridgehead atoms. The Bertz CT molecular complexity index is 486. The maximum Gasteiger partial charge on any atom is 0.308 e. The molecule has 0 spiro atoms. The van der Waals surface area contributed by atoms with E-state index in [-0.39, 0.29) is 11.9 Å². The van der Waals surface area contributed by atoms with Gasteiger partial charge in [0.1, 0.15) is 18.1 Å². The highest BCUT2D eigenvalue weighted by Gasteiger charge is 2.13. The summed E-state index contributed by atoms with van der Waals surface area (Å²) < 4.78 is 16.1. The molecule has 1 aromatic carbocycles. The van der Waals surface area contributed by atoms with E-state index >= 15 is 0 Å². The van der Waals surface area contributed by atoms with E-state index in [4.69, 9.17) is 14.2 Å². The average molecular weight is 309 g/mol. The summed E-state index contributed by atoms with van der Waals surface area (Å²) in [6.07, 6.45) is 0. The number of nitrogens with one attached hydrogen (secondary N) is 1. The summed E-state index contributed by atoms with van der Waals surface area (Å²) in [7, 11) is 1.68. The lowest BCUT2D eigenvalue weighted by Gasteiger charge is -2.17. The molecule has 0 radical (unpaired) electrons. The van der Waals surface area contributed by atoms with Crippen molar-refractivity contribution in [2.45, 2.75) is 33.6 Å². The van der Waals surface area contributed by atoms with Gasteiger partial charge in [-0.2, -0.15) is 0 Å². The molecule has 0 aliphatic heterocycles. The third-order valence-corrected chi connectivity index (χ3v) is 3.20. The maximum absolute atomic E-state index is 11.2. The van der Waals surface area contributed by atoms with E-state index in [2.05, 4.69) is 19.2 Å². The molecule has 0 unspecified atom stereocenters. The first-order valence-electron chi connectivity index (χ1n) is 7.61. The molecule has 0 amide bonds. The molecular formula is C17H27NO4. The number of esters is 1. The molecule has 1 rings (SSSR count). The smallest absolute Gasteiger partial charge is 0.308 e. The fraction of sp³-hybridized carbons (Fsp3) is 0.588. The lowest BCUT2D eigenvalue weighted by Crippen LogP contribution is -2.24. The van der Waals surface area contributed by atoms with E-state index in [1.807, 2.05) is 19.1 Å². The summed E-state index contributed by atoms with van der Waals surface area (Å²) in [6.45, 7) is 10.3. The lowest BCUT2D eigenvalue weighted by atomic mass is 10.00. The molecule has 0 fully saturated rings. The minimum absolute atomic E-state index is 0.284. The first-order chi connectivity index (χ1) is 10.5. The Labute approximate surface area is 132 Å². The molecule has 0 saturated heterocycles. The van der Waals surface area contributed by atoms with Crippen LogP contribution in [0.3, 0.4) is 0 Å². The number of carbonyl (C=O) groups excluding carboxylic acids is 1. The molecule has 5 nitrogen and oxygen atoms in total. The molecule has 0 heterocycles. The Morgan fingerprint density at radius 1 is 1.18 bits per heavy atom. The molecule has 1 N–H and O–H groups in total. The number of hydrogen-bond acceptors (Lipinski definition) is 5. The van der Waals surface area contributed by atoms with Crippen molar-refractivity contribution in [3.63, 3.8) is 0 Å². The Balaban J connectivity index is 2.72. The number of rotatable bonds is 9. The van der Waals surface area contributed by atoms with Crippen molar-refractivity contribution in [1.29, 1.82) is 0 Å². The zero-order valence-corrected chi connectivity index (χ0v) is 14.2. The monoisotopic (exact) mass is 309 g/mol. The van der Waals surface area contributed by atoms with Crippen LogP contribution in [0.2, 0.25) is 0 Å². The summed E-state index contributed by atoms with van der Waals surface area (Å²) in [4.78, 5) is 11.2. The number of carbonyl (C=O) groups is 1. The van der Waals surface area contributed by atoms with E-state index in [0.29, 0.717) is 19.0 Å². The van der Waals surface area contributed by atoms with Gasteiger partial charge in [0.2, 0.25) is 0 Å². The minimum atomic E-state index is -0.311. The fourth-order valence-corrected chi connectivity index (χ4v) is 2.05. The van der Waals surface area contributed by atoms with Crippen molar-refractivity contribution in [1.82, 2.24) is 5.32 Å². The third kappa shape index (κ3) is 6.03. The second kappa shape index (κ2) is 9.43. The largest absolute Gasteiger partial charge is 0.492 e. The number of hydrogen-bond donors (Lipinski definition) is 1. The molecule has 0 aliphatic rings. The van der Waals surface area contributed by atoms with Crippen LogP contribution >= 0.6 is 0 Å². The Kier molecular flexibility index (Phi) is 7.91. The molecule has 0 aliphatic carbocycles. The number of ether oxygens (including phenoxy) is 3. The van der Waals surface area contributed by atoms with Gasteiger partial charge in [-0.15, -0.1) is 0 Å². The van der Waals surface area contributed by atoms with E-state index in [0.717, 1.165) is 30.0 Å². The highest BCUT2D eigenvalue weighted by molar-refractivity contribution is 5.70. The number of benzene rings is 1. The quantitative estimate of drug-likeness (QED) is 0.432. The third-order valence-electron chi connectivity index (χ3n) is 3.20. The van der Waals surface area contributed by atoms with Gasteiger partial charge in [-0.05, 0) is 30.5 Å². The van der Waals surface area contributed by atoms with Crippen LogP contribution in [0.5, 0.6) is 11.5 Å². The van der Waals surface area contributed by atoms with Crippen molar-refractivity contribution >= 4 is 5.97 Å². The zero-order valence-electron chi connectivity index (χ0n) is 14.2. The normalized spacial score (nSPS) is 10.8. The van der Waals surface area contributed by atoms with Gasteiger partial charge in [0, 0.05) is 32.7 Å². The highest BCUT2D eigenvalue weighted by Crippen LogP contribution is 2.33. The Hall–Kier alpha value is -1.59. The summed E-state index contributed by atoms with van der Waals surface area (Å²) in [5.41, 5.74) is 1.93. The Morgan fingerprint density at radius 2 is 1.86 bits per heavy atom. The van der Waals surface area contributed by atoms with E-state index in [1.165, 1.54) is 6.92 Å². The standard InChI is InChI=1S/C17H27NO4/c1-12(2)15-11-16(22-14(4)19)13(3)10-17(15)21-9-7-18-6-8-20-5/h10-12,18H,6-9H2,1-5H3. The van der Waals surface area contributed by atoms with Crippen molar-refractivity contribution in [2.24, 2.45) is 0 Å². The fourth-order valence-electron chi connectivity index (χ4n) is 2.05. The van der Waals surface area contributed by atoms with Gasteiger partial charge in [0.05, 0.1) is 6.61 Å². The highest BCUT2D eigenvalue weighted by atomic mass is 16.5. The summed E-state index contributed by atoms with van der Waals surface area (Å²) in [5, 5.41) is 3.24. The molecule has 0 aromatic heterocycles. The summed E-state index contributed by atoms with van der Waals surface area (Å²) in [5.74, 6) is 1.42. The molecule has 5 heteroatoms. The molecular weight excluding hydrogens is 282 g/mol. The van der Waals surface area contributed by atoms with Gasteiger partial charge < -0.3 is 19.5 Å². The van der Waals surface area contributed by atoms with Gasteiger partial charge in [0.25, 0.3) is 0 Å². The first kappa shape index (κ1) is 18.5. The van der Waals surface area contributed by atoms with Crippen LogP contribution in [-0.4, -0.2) is 39.4 Å². The zero-order chi connectivity index (χ0) is 16.5. The molecule has 124 valence electrons. The van der Waals surface area contributed by atoms with Crippen LogP contribution < -0.4 is 14.8 Å². The van der Waals surface area contributed by atoms with Crippen molar-refractivity contribution < 1.29 is 19.0 Å². The van der Waals surface area contributed by atoms with Gasteiger partial charge >= 0.3 is 5.97 Å². The molecule has 1 aromatic rings. The van der Waals surface area contributed by atoms with E-state index in [9.17, 15) is 4.79 Å². The lowest BCUT2D eigenvalue weighted by molar-refractivity contribution is -0.131. The summed E-state index contributed by atoms with van der Waals surface area (Å²) >= 11 is 0. The number of aryl methyl sites for hydroxylation is 1. The van der Waals surface area contributed by atoms with Gasteiger partial charge in [0.15, 0.2) is 0 Å². The van der Waals surface area contributed by atoms with Crippen LogP contribution in [0, 0.1) is 6.92 Å². The SMILES string of the molecule is COCCNCCOc1cc(C)c(OC(C)=O)cc1C(C)C. The van der Waals surface area contributed by atoms with E-state index in [1.54, 1.807) is 7.11 Å². The first-order valence-corrected chi connectivity index (χ1v) is 7.61. The van der Waals surface area contributed by atoms with E-state index < -0.39 is 0 Å². The molecule has 0 saturated carbocycles. The van der Waals surface area contributed by atoms with Crippen LogP contribution in [0.15, 0.2) is 12.1 Å². The number of methoxy groups -OCH3 is 1. The van der Waals surface area contributed by atoms with Gasteiger partial charge in [-0.1, -0.05) is 13.8 Å².